The zero-order valence-corrected chi connectivity index (χ0v) is 14.5. The minimum atomic E-state index is -3.63. The van der Waals surface area contributed by atoms with Crippen LogP contribution in [0.4, 0.5) is 0 Å². The number of nitrogens with one attached hydrogen (secondary N) is 4. The molecule has 2 amide bonds. The number of fused-ring (bicyclic) bond motifs is 1. The van der Waals surface area contributed by atoms with E-state index in [1.165, 1.54) is 0 Å². The minimum absolute atomic E-state index is 0.306. The van der Waals surface area contributed by atoms with Gasteiger partial charge >= 0.3 is 0 Å². The maximum absolute atomic E-state index is 12.7. The van der Waals surface area contributed by atoms with Crippen LogP contribution in [0.15, 0.2) is 6.20 Å². The van der Waals surface area contributed by atoms with Crippen LogP contribution in [0.25, 0.3) is 0 Å². The molecule has 136 valence electrons. The number of nitrogens with zero attached hydrogens (tertiary/aromatic N) is 1. The Morgan fingerprint density at radius 2 is 2.04 bits per heavy atom. The molecule has 25 heavy (non-hydrogen) atoms. The number of H-pyrrole nitrogens is 1. The summed E-state index contributed by atoms with van der Waals surface area (Å²) in [6.45, 7) is 1.07. The average molecular weight is 367 g/mol. The number of sulfonamides is 1. The molecule has 2 aliphatic carbocycles. The van der Waals surface area contributed by atoms with E-state index in [0.717, 1.165) is 12.0 Å². The minimum Gasteiger partial charge on any atom is -0.341 e. The molecule has 2 fully saturated rings. The third-order valence-corrected chi connectivity index (χ3v) is 7.08. The Hall–Kier alpha value is -1.94. The summed E-state index contributed by atoms with van der Waals surface area (Å²) in [4.78, 5) is 25.3. The summed E-state index contributed by atoms with van der Waals surface area (Å²) in [5.74, 6) is -1.43. The summed E-state index contributed by atoms with van der Waals surface area (Å²) in [7, 11) is -3.63. The fourth-order valence-electron chi connectivity index (χ4n) is 3.38. The Morgan fingerprint density at radius 1 is 1.28 bits per heavy atom. The molecule has 2 saturated carbocycles. The second-order valence-electron chi connectivity index (χ2n) is 7.08. The van der Waals surface area contributed by atoms with Gasteiger partial charge in [0.15, 0.2) is 0 Å². The second kappa shape index (κ2) is 5.80. The molecule has 0 radical (unpaired) electrons. The molecule has 10 heteroatoms. The number of carbonyl (C=O) groups is 2. The maximum atomic E-state index is 12.7. The molecular weight excluding hydrogens is 346 g/mol. The number of hydrogen-bond donors (Lipinski definition) is 4. The molecule has 0 aromatic carbocycles. The molecular formula is C15H21N5O4S. The van der Waals surface area contributed by atoms with Crippen LogP contribution in [0.3, 0.4) is 0 Å². The predicted molar refractivity (Wildman–Crippen MR) is 87.8 cm³/mol. The van der Waals surface area contributed by atoms with Crippen LogP contribution in [-0.4, -0.2) is 47.8 Å². The van der Waals surface area contributed by atoms with Crippen molar-refractivity contribution in [3.63, 3.8) is 0 Å². The van der Waals surface area contributed by atoms with Gasteiger partial charge in [-0.05, 0) is 32.1 Å². The van der Waals surface area contributed by atoms with Gasteiger partial charge in [0.1, 0.15) is 5.54 Å². The first-order chi connectivity index (χ1) is 11.9. The lowest BCUT2D eigenvalue weighted by atomic mass is 9.75. The monoisotopic (exact) mass is 367 g/mol. The zero-order chi connectivity index (χ0) is 17.7. The smallest absolute Gasteiger partial charge is 0.259 e. The first kappa shape index (κ1) is 16.5. The highest BCUT2D eigenvalue weighted by Crippen LogP contribution is 2.35. The standard InChI is InChI=1S/C15H21N5O4S/c21-13(11-8-16-6-9-7-17-19-12(9)11)18-15(4-1-5-15)14(22)20-25(23,24)10-2-3-10/h7,10-11,16H,1-6,8H2,(H,17,19)(H,18,21)(H,20,22). The zero-order valence-electron chi connectivity index (χ0n) is 13.7. The summed E-state index contributed by atoms with van der Waals surface area (Å²) in [6, 6.07) is 0. The van der Waals surface area contributed by atoms with Crippen molar-refractivity contribution in [3.05, 3.63) is 17.5 Å². The van der Waals surface area contributed by atoms with E-state index in [9.17, 15) is 18.0 Å². The number of aromatic nitrogens is 2. The highest BCUT2D eigenvalue weighted by Gasteiger charge is 2.49. The Kier molecular flexibility index (Phi) is 3.84. The van der Waals surface area contributed by atoms with E-state index in [1.807, 2.05) is 0 Å². The molecule has 0 bridgehead atoms. The first-order valence-corrected chi connectivity index (χ1v) is 10.1. The second-order valence-corrected chi connectivity index (χ2v) is 9.04. The van der Waals surface area contributed by atoms with Crippen LogP contribution < -0.4 is 15.4 Å². The number of hydrogen-bond acceptors (Lipinski definition) is 6. The highest BCUT2D eigenvalue weighted by atomic mass is 32.2. The number of carbonyl (C=O) groups excluding carboxylic acids is 2. The van der Waals surface area contributed by atoms with Crippen LogP contribution in [0.5, 0.6) is 0 Å². The van der Waals surface area contributed by atoms with E-state index < -0.39 is 32.6 Å². The van der Waals surface area contributed by atoms with Gasteiger partial charge in [0.05, 0.1) is 16.9 Å². The summed E-state index contributed by atoms with van der Waals surface area (Å²) < 4.78 is 26.2. The van der Waals surface area contributed by atoms with Crippen molar-refractivity contribution in [2.45, 2.75) is 55.4 Å². The number of aromatic amines is 1. The Bertz CT molecular complexity index is 810. The molecule has 9 nitrogen and oxygen atoms in total. The lowest BCUT2D eigenvalue weighted by Crippen LogP contribution is -2.64. The van der Waals surface area contributed by atoms with Gasteiger partial charge in [-0.25, -0.2) is 8.42 Å². The van der Waals surface area contributed by atoms with Crippen molar-refractivity contribution in [3.8, 4) is 0 Å². The van der Waals surface area contributed by atoms with Crippen molar-refractivity contribution >= 4 is 21.8 Å². The average Bonchev–Trinajstić information content (AvgIpc) is 3.28. The Balaban J connectivity index is 1.48. The van der Waals surface area contributed by atoms with Crippen molar-refractivity contribution in [2.24, 2.45) is 0 Å². The fraction of sp³-hybridized carbons (Fsp3) is 0.667. The summed E-state index contributed by atoms with van der Waals surface area (Å²) in [5.41, 5.74) is 0.471. The van der Waals surface area contributed by atoms with Crippen LogP contribution in [0.2, 0.25) is 0 Å². The molecule has 1 aromatic heterocycles. The van der Waals surface area contributed by atoms with Gasteiger partial charge in [-0.15, -0.1) is 0 Å². The van der Waals surface area contributed by atoms with Crippen molar-refractivity contribution in [1.29, 1.82) is 0 Å². The molecule has 4 rings (SSSR count). The van der Waals surface area contributed by atoms with Crippen molar-refractivity contribution < 1.29 is 18.0 Å². The molecule has 1 unspecified atom stereocenters. The Morgan fingerprint density at radius 3 is 2.68 bits per heavy atom. The van der Waals surface area contributed by atoms with E-state index in [-0.39, 0.29) is 5.91 Å². The van der Waals surface area contributed by atoms with Crippen LogP contribution in [-0.2, 0) is 26.2 Å². The third kappa shape index (κ3) is 2.93. The molecule has 0 spiro atoms. The first-order valence-electron chi connectivity index (χ1n) is 8.53. The lowest BCUT2D eigenvalue weighted by molar-refractivity contribution is -0.136. The van der Waals surface area contributed by atoms with Gasteiger partial charge in [0.25, 0.3) is 5.91 Å². The summed E-state index contributed by atoms with van der Waals surface area (Å²) >= 11 is 0. The van der Waals surface area contributed by atoms with E-state index >= 15 is 0 Å². The van der Waals surface area contributed by atoms with Crippen molar-refractivity contribution in [1.82, 2.24) is 25.6 Å². The quantitative estimate of drug-likeness (QED) is 0.541. The van der Waals surface area contributed by atoms with Gasteiger partial charge in [-0.3, -0.25) is 19.4 Å². The number of amides is 2. The third-order valence-electron chi connectivity index (χ3n) is 5.27. The van der Waals surface area contributed by atoms with E-state index in [0.29, 0.717) is 44.5 Å². The fourth-order valence-corrected chi connectivity index (χ4v) is 4.76. The Labute approximate surface area is 145 Å². The number of rotatable bonds is 5. The highest BCUT2D eigenvalue weighted by molar-refractivity contribution is 7.90. The molecule has 0 saturated heterocycles. The molecule has 3 aliphatic rings. The van der Waals surface area contributed by atoms with E-state index in [4.69, 9.17) is 0 Å². The SMILES string of the molecule is O=C(NC1(C(=O)NS(=O)(=O)C2CC2)CCC1)C1CNCc2c[nH]nc21. The van der Waals surface area contributed by atoms with Gasteiger partial charge in [0.2, 0.25) is 15.9 Å². The van der Waals surface area contributed by atoms with Gasteiger partial charge in [0, 0.05) is 24.8 Å². The molecule has 4 N–H and O–H groups in total. The predicted octanol–water partition coefficient (Wildman–Crippen LogP) is -0.756. The largest absolute Gasteiger partial charge is 0.341 e. The van der Waals surface area contributed by atoms with E-state index in [2.05, 4.69) is 25.6 Å². The normalized spacial score (nSPS) is 24.7. The summed E-state index contributed by atoms with van der Waals surface area (Å²) in [6.07, 6.45) is 4.57. The van der Waals surface area contributed by atoms with Gasteiger partial charge < -0.3 is 10.6 Å². The summed E-state index contributed by atoms with van der Waals surface area (Å²) in [5, 5.41) is 12.4. The lowest BCUT2D eigenvalue weighted by Gasteiger charge is -2.41. The van der Waals surface area contributed by atoms with Crippen LogP contribution in [0.1, 0.15) is 49.3 Å². The molecule has 2 heterocycles. The van der Waals surface area contributed by atoms with Crippen LogP contribution in [0, 0.1) is 0 Å². The maximum Gasteiger partial charge on any atom is 0.259 e. The topological polar surface area (TPSA) is 133 Å². The molecule has 1 aliphatic heterocycles. The van der Waals surface area contributed by atoms with E-state index in [1.54, 1.807) is 6.20 Å². The van der Waals surface area contributed by atoms with Crippen molar-refractivity contribution in [2.75, 3.05) is 6.54 Å². The molecule has 1 atom stereocenters. The molecule has 1 aromatic rings. The van der Waals surface area contributed by atoms with Gasteiger partial charge in [-0.2, -0.15) is 5.10 Å². The van der Waals surface area contributed by atoms with Gasteiger partial charge in [-0.1, -0.05) is 0 Å². The van der Waals surface area contributed by atoms with Crippen LogP contribution >= 0.6 is 0 Å².